The zero-order valence-electron chi connectivity index (χ0n) is 14.7. The number of phenolic OH excluding ortho intramolecular Hbond substituents is 1. The van der Waals surface area contributed by atoms with E-state index in [-0.39, 0.29) is 18.2 Å². The molecular formula is C19H19FN4O3. The molecule has 2 atom stereocenters. The van der Waals surface area contributed by atoms with Crippen LogP contribution in [0.2, 0.25) is 0 Å². The van der Waals surface area contributed by atoms with Crippen LogP contribution in [0.25, 0.3) is 22.4 Å². The number of ether oxygens (including phenoxy) is 2. The van der Waals surface area contributed by atoms with Gasteiger partial charge < -0.3 is 14.6 Å². The predicted molar refractivity (Wildman–Crippen MR) is 96.1 cm³/mol. The Kier molecular flexibility index (Phi) is 4.72. The lowest BCUT2D eigenvalue weighted by Crippen LogP contribution is -2.38. The van der Waals surface area contributed by atoms with E-state index >= 15 is 0 Å². The number of alkyl halides is 1. The maximum Gasteiger partial charge on any atom is 0.233 e. The highest BCUT2D eigenvalue weighted by atomic mass is 19.1. The van der Waals surface area contributed by atoms with E-state index in [4.69, 9.17) is 9.47 Å². The number of aromatic hydroxyl groups is 1. The molecule has 1 N–H and O–H groups in total. The summed E-state index contributed by atoms with van der Waals surface area (Å²) in [4.78, 5) is 0. The molecule has 2 aromatic heterocycles. The van der Waals surface area contributed by atoms with Crippen molar-refractivity contribution >= 4 is 0 Å². The molecule has 1 saturated heterocycles. The molecule has 0 aliphatic carbocycles. The number of hydrogen-bond donors (Lipinski definition) is 1. The van der Waals surface area contributed by atoms with Crippen LogP contribution in [0.5, 0.6) is 11.6 Å². The van der Waals surface area contributed by atoms with E-state index in [1.165, 1.54) is 0 Å². The number of benzene rings is 1. The maximum absolute atomic E-state index is 13.8. The summed E-state index contributed by atoms with van der Waals surface area (Å²) in [6.07, 6.45) is 2.32. The van der Waals surface area contributed by atoms with E-state index in [1.807, 2.05) is 19.3 Å². The summed E-state index contributed by atoms with van der Waals surface area (Å²) >= 11 is 0. The molecule has 8 heteroatoms. The lowest BCUT2D eigenvalue weighted by atomic mass is 10.0. The van der Waals surface area contributed by atoms with Gasteiger partial charge in [-0.05, 0) is 23.8 Å². The van der Waals surface area contributed by atoms with Crippen LogP contribution in [0, 0.1) is 0 Å². The van der Waals surface area contributed by atoms with Gasteiger partial charge in [-0.1, -0.05) is 6.07 Å². The third-order valence-electron chi connectivity index (χ3n) is 4.45. The fourth-order valence-electron chi connectivity index (χ4n) is 3.00. The lowest BCUT2D eigenvalue weighted by Gasteiger charge is -2.26. The molecule has 0 saturated carbocycles. The second kappa shape index (κ2) is 7.32. The molecular weight excluding hydrogens is 351 g/mol. The minimum absolute atomic E-state index is 0.0351. The summed E-state index contributed by atoms with van der Waals surface area (Å²) in [5.74, 6) is 0.340. The summed E-state index contributed by atoms with van der Waals surface area (Å²) < 4.78 is 26.1. The minimum Gasteiger partial charge on any atom is -0.507 e. The van der Waals surface area contributed by atoms with Crippen LogP contribution in [-0.2, 0) is 11.8 Å². The van der Waals surface area contributed by atoms with Gasteiger partial charge in [-0.25, -0.2) is 4.39 Å². The van der Waals surface area contributed by atoms with Gasteiger partial charge in [-0.15, -0.1) is 10.2 Å². The Morgan fingerprint density at radius 1 is 1.22 bits per heavy atom. The number of nitrogens with zero attached hydrogens (tertiary/aromatic N) is 4. The Bertz CT molecular complexity index is 929. The molecule has 0 spiro atoms. The molecule has 3 aromatic rings. The van der Waals surface area contributed by atoms with Crippen molar-refractivity contribution < 1.29 is 19.0 Å². The van der Waals surface area contributed by atoms with Crippen LogP contribution in [0.3, 0.4) is 0 Å². The summed E-state index contributed by atoms with van der Waals surface area (Å²) in [6.45, 7) is 0.501. The van der Waals surface area contributed by atoms with Crippen LogP contribution in [0.15, 0.2) is 42.7 Å². The summed E-state index contributed by atoms with van der Waals surface area (Å²) in [5.41, 5.74) is 2.81. The predicted octanol–water partition coefficient (Wildman–Crippen LogP) is 2.76. The number of aromatic nitrogens is 4. The fraction of sp³-hybridized carbons (Fsp3) is 0.316. The SMILES string of the molecule is Cn1cc(-c2ccc(-c3ccc(O[C@@H]4CCOC[C@@H]4F)nn3)c(O)c2)cn1. The topological polar surface area (TPSA) is 82.3 Å². The van der Waals surface area contributed by atoms with Gasteiger partial charge in [0.1, 0.15) is 11.9 Å². The second-order valence-corrected chi connectivity index (χ2v) is 6.43. The van der Waals surface area contributed by atoms with Crippen LogP contribution in [-0.4, -0.2) is 50.6 Å². The van der Waals surface area contributed by atoms with Crippen molar-refractivity contribution in [2.75, 3.05) is 13.2 Å². The highest BCUT2D eigenvalue weighted by Gasteiger charge is 2.27. The number of hydrogen-bond acceptors (Lipinski definition) is 6. The quantitative estimate of drug-likeness (QED) is 0.760. The lowest BCUT2D eigenvalue weighted by molar-refractivity contribution is -0.0399. The van der Waals surface area contributed by atoms with E-state index in [9.17, 15) is 9.50 Å². The van der Waals surface area contributed by atoms with Crippen LogP contribution in [0.1, 0.15) is 6.42 Å². The van der Waals surface area contributed by atoms with Crippen LogP contribution >= 0.6 is 0 Å². The average Bonchev–Trinajstić information content (AvgIpc) is 3.11. The molecule has 1 fully saturated rings. The van der Waals surface area contributed by atoms with E-state index in [0.717, 1.165) is 11.1 Å². The van der Waals surface area contributed by atoms with Gasteiger partial charge in [0, 0.05) is 36.9 Å². The van der Waals surface area contributed by atoms with Crippen molar-refractivity contribution in [3.05, 3.63) is 42.7 Å². The molecule has 1 aromatic carbocycles. The largest absolute Gasteiger partial charge is 0.507 e. The van der Waals surface area contributed by atoms with E-state index in [1.54, 1.807) is 35.1 Å². The van der Waals surface area contributed by atoms with E-state index in [2.05, 4.69) is 15.3 Å². The van der Waals surface area contributed by atoms with Gasteiger partial charge in [-0.3, -0.25) is 4.68 Å². The zero-order valence-corrected chi connectivity index (χ0v) is 14.7. The smallest absolute Gasteiger partial charge is 0.233 e. The van der Waals surface area contributed by atoms with Crippen molar-refractivity contribution in [1.82, 2.24) is 20.0 Å². The summed E-state index contributed by atoms with van der Waals surface area (Å²) in [6, 6.07) is 8.63. The Hall–Kier alpha value is -3.00. The first-order valence-corrected chi connectivity index (χ1v) is 8.65. The first-order valence-electron chi connectivity index (χ1n) is 8.65. The Labute approximate surface area is 155 Å². The summed E-state index contributed by atoms with van der Waals surface area (Å²) in [7, 11) is 1.84. The molecule has 0 amide bonds. The number of aryl methyl sites for hydroxylation is 1. The highest BCUT2D eigenvalue weighted by molar-refractivity contribution is 5.73. The molecule has 140 valence electrons. The Morgan fingerprint density at radius 3 is 2.78 bits per heavy atom. The second-order valence-electron chi connectivity index (χ2n) is 6.43. The normalized spacial score (nSPS) is 19.8. The number of halogens is 1. The zero-order chi connectivity index (χ0) is 18.8. The first-order chi connectivity index (χ1) is 13.1. The third kappa shape index (κ3) is 3.75. The van der Waals surface area contributed by atoms with Gasteiger partial charge in [0.25, 0.3) is 0 Å². The molecule has 3 heterocycles. The van der Waals surface area contributed by atoms with Crippen LogP contribution < -0.4 is 4.74 Å². The summed E-state index contributed by atoms with van der Waals surface area (Å²) in [5, 5.41) is 22.6. The molecule has 27 heavy (non-hydrogen) atoms. The Balaban J connectivity index is 1.51. The van der Waals surface area contributed by atoms with E-state index in [0.29, 0.717) is 24.3 Å². The van der Waals surface area contributed by atoms with Gasteiger partial charge in [0.05, 0.1) is 25.1 Å². The molecule has 0 radical (unpaired) electrons. The maximum atomic E-state index is 13.8. The van der Waals surface area contributed by atoms with Gasteiger partial charge in [0.2, 0.25) is 5.88 Å². The molecule has 0 bridgehead atoms. The molecule has 1 aliphatic rings. The van der Waals surface area contributed by atoms with E-state index < -0.39 is 12.3 Å². The van der Waals surface area contributed by atoms with Crippen molar-refractivity contribution in [2.45, 2.75) is 18.7 Å². The van der Waals surface area contributed by atoms with Crippen molar-refractivity contribution in [2.24, 2.45) is 7.05 Å². The highest BCUT2D eigenvalue weighted by Crippen LogP contribution is 2.32. The standard InChI is InChI=1S/C19H19FN4O3/c1-24-10-13(9-21-24)12-2-3-14(17(25)8-12)16-4-5-19(23-22-16)27-18-6-7-26-11-15(18)20/h2-5,8-10,15,18,25H,6-7,11H2,1H3/t15-,18+/m0/s1. The van der Waals surface area contributed by atoms with Gasteiger partial charge >= 0.3 is 0 Å². The Morgan fingerprint density at radius 2 is 2.11 bits per heavy atom. The van der Waals surface area contributed by atoms with Crippen LogP contribution in [0.4, 0.5) is 4.39 Å². The van der Waals surface area contributed by atoms with Gasteiger partial charge in [-0.2, -0.15) is 5.10 Å². The first kappa shape index (κ1) is 17.4. The van der Waals surface area contributed by atoms with Crippen molar-refractivity contribution in [3.63, 3.8) is 0 Å². The number of rotatable bonds is 4. The minimum atomic E-state index is -1.18. The van der Waals surface area contributed by atoms with Gasteiger partial charge in [0.15, 0.2) is 6.17 Å². The van der Waals surface area contributed by atoms with Crippen molar-refractivity contribution in [1.29, 1.82) is 0 Å². The average molecular weight is 370 g/mol. The molecule has 1 aliphatic heterocycles. The molecule has 4 rings (SSSR count). The molecule has 7 nitrogen and oxygen atoms in total. The fourth-order valence-corrected chi connectivity index (χ4v) is 3.00. The molecule has 0 unspecified atom stereocenters. The van der Waals surface area contributed by atoms with Crippen molar-refractivity contribution in [3.8, 4) is 34.0 Å². The monoisotopic (exact) mass is 370 g/mol. The third-order valence-corrected chi connectivity index (χ3v) is 4.45. The number of phenols is 1.